The van der Waals surface area contributed by atoms with Crippen LogP contribution in [0.5, 0.6) is 0 Å². The number of amides is 2. The Morgan fingerprint density at radius 2 is 2.24 bits per heavy atom. The van der Waals surface area contributed by atoms with Gasteiger partial charge in [0.2, 0.25) is 11.8 Å². The average Bonchev–Trinajstić information content (AvgIpc) is 2.29. The van der Waals surface area contributed by atoms with Crippen molar-refractivity contribution in [1.29, 1.82) is 0 Å². The topological polar surface area (TPSA) is 72.2 Å². The zero-order valence-corrected chi connectivity index (χ0v) is 10.8. The van der Waals surface area contributed by atoms with E-state index in [1.54, 1.807) is 6.92 Å². The normalized spacial score (nSPS) is 29.7. The zero-order chi connectivity index (χ0) is 13.1. The van der Waals surface area contributed by atoms with Gasteiger partial charge in [-0.25, -0.2) is 0 Å². The van der Waals surface area contributed by atoms with Crippen LogP contribution in [0.3, 0.4) is 0 Å². The van der Waals surface area contributed by atoms with Gasteiger partial charge in [0.1, 0.15) is 6.04 Å². The molecule has 17 heavy (non-hydrogen) atoms. The lowest BCUT2D eigenvalue weighted by Crippen LogP contribution is -2.56. The van der Waals surface area contributed by atoms with Gasteiger partial charge in [-0.2, -0.15) is 0 Å². The van der Waals surface area contributed by atoms with Crippen LogP contribution >= 0.6 is 0 Å². The minimum atomic E-state index is -0.624. The zero-order valence-electron chi connectivity index (χ0n) is 10.8. The summed E-state index contributed by atoms with van der Waals surface area (Å²) in [6, 6.07) is -0.624. The van der Waals surface area contributed by atoms with Gasteiger partial charge in [-0.3, -0.25) is 9.59 Å². The summed E-state index contributed by atoms with van der Waals surface area (Å²) in [5.41, 5.74) is 5.05. The van der Waals surface area contributed by atoms with Gasteiger partial charge in [0, 0.05) is 11.8 Å². The molecule has 3 N–H and O–H groups in total. The Kier molecular flexibility index (Phi) is 4.32. The van der Waals surface area contributed by atoms with Crippen LogP contribution in [-0.2, 0) is 9.59 Å². The highest BCUT2D eigenvalue weighted by Gasteiger charge is 2.42. The molecule has 0 bridgehead atoms. The highest BCUT2D eigenvalue weighted by molar-refractivity contribution is 5.87. The number of allylic oxidation sites excluding steroid dienone is 1. The largest absolute Gasteiger partial charge is 0.368 e. The summed E-state index contributed by atoms with van der Waals surface area (Å²) in [4.78, 5) is 23.0. The first-order valence-electron chi connectivity index (χ1n) is 6.18. The molecule has 0 fully saturated rings. The molecule has 0 saturated carbocycles. The number of primary amides is 1. The first-order chi connectivity index (χ1) is 7.91. The lowest BCUT2D eigenvalue weighted by molar-refractivity contribution is -0.130. The molecule has 0 saturated heterocycles. The van der Waals surface area contributed by atoms with Crippen LogP contribution in [0.4, 0.5) is 0 Å². The number of nitrogens with two attached hydrogens (primary N) is 1. The van der Waals surface area contributed by atoms with E-state index in [1.807, 2.05) is 13.0 Å². The summed E-state index contributed by atoms with van der Waals surface area (Å²) in [5, 5.41) is 2.74. The SMILES string of the molecule is CCC(=O)N[C@H](C(N)=O)C1(C)C=CCCC1C. The van der Waals surface area contributed by atoms with Gasteiger partial charge in [0.15, 0.2) is 0 Å². The first kappa shape index (κ1) is 13.7. The second kappa shape index (κ2) is 5.34. The Balaban J connectivity index is 2.96. The Morgan fingerprint density at radius 3 is 2.71 bits per heavy atom. The fraction of sp³-hybridized carbons (Fsp3) is 0.692. The third-order valence-corrected chi connectivity index (χ3v) is 3.84. The van der Waals surface area contributed by atoms with Crippen molar-refractivity contribution in [2.75, 3.05) is 0 Å². The van der Waals surface area contributed by atoms with E-state index in [4.69, 9.17) is 5.73 Å². The molecule has 3 atom stereocenters. The van der Waals surface area contributed by atoms with E-state index in [0.717, 1.165) is 12.8 Å². The monoisotopic (exact) mass is 238 g/mol. The van der Waals surface area contributed by atoms with Crippen molar-refractivity contribution in [3.63, 3.8) is 0 Å². The molecule has 1 aliphatic rings. The van der Waals surface area contributed by atoms with Gasteiger partial charge in [-0.1, -0.05) is 32.9 Å². The predicted octanol–water partition coefficient (Wildman–Crippen LogP) is 1.36. The van der Waals surface area contributed by atoms with E-state index in [0.29, 0.717) is 12.3 Å². The summed E-state index contributed by atoms with van der Waals surface area (Å²) in [6.07, 6.45) is 6.47. The number of hydrogen-bond acceptors (Lipinski definition) is 2. The number of hydrogen-bond donors (Lipinski definition) is 2. The average molecular weight is 238 g/mol. The molecule has 0 radical (unpaired) electrons. The molecule has 1 rings (SSSR count). The second-order valence-electron chi connectivity index (χ2n) is 5.00. The van der Waals surface area contributed by atoms with Crippen molar-refractivity contribution in [2.45, 2.75) is 46.1 Å². The van der Waals surface area contributed by atoms with Gasteiger partial charge in [-0.15, -0.1) is 0 Å². The molecule has 0 spiro atoms. The predicted molar refractivity (Wildman–Crippen MR) is 67.1 cm³/mol. The number of carbonyl (C=O) groups excluding carboxylic acids is 2. The standard InChI is InChI=1S/C13H22N2O2/c1-4-10(16)15-11(12(14)17)13(3)8-6-5-7-9(13)2/h6,8-9,11H,4-5,7H2,1-3H3,(H2,14,17)(H,15,16)/t9?,11-,13?/m1/s1. The summed E-state index contributed by atoms with van der Waals surface area (Å²) >= 11 is 0. The summed E-state index contributed by atoms with van der Waals surface area (Å²) in [7, 11) is 0. The molecule has 4 heteroatoms. The van der Waals surface area contributed by atoms with Crippen molar-refractivity contribution >= 4 is 11.8 Å². The maximum Gasteiger partial charge on any atom is 0.240 e. The van der Waals surface area contributed by atoms with E-state index in [1.165, 1.54) is 0 Å². The maximum absolute atomic E-state index is 11.6. The van der Waals surface area contributed by atoms with Crippen LogP contribution < -0.4 is 11.1 Å². The van der Waals surface area contributed by atoms with Crippen molar-refractivity contribution in [3.8, 4) is 0 Å². The Hall–Kier alpha value is -1.32. The minimum absolute atomic E-state index is 0.138. The van der Waals surface area contributed by atoms with E-state index < -0.39 is 11.9 Å². The molecule has 96 valence electrons. The number of nitrogens with one attached hydrogen (secondary N) is 1. The molecule has 2 unspecified atom stereocenters. The summed E-state index contributed by atoms with van der Waals surface area (Å²) in [6.45, 7) is 5.84. The van der Waals surface area contributed by atoms with E-state index in [-0.39, 0.29) is 11.3 Å². The molecule has 0 aromatic carbocycles. The highest BCUT2D eigenvalue weighted by Crippen LogP contribution is 2.39. The van der Waals surface area contributed by atoms with Crippen molar-refractivity contribution < 1.29 is 9.59 Å². The fourth-order valence-electron chi connectivity index (χ4n) is 2.34. The third-order valence-electron chi connectivity index (χ3n) is 3.84. The van der Waals surface area contributed by atoms with Gasteiger partial charge >= 0.3 is 0 Å². The fourth-order valence-corrected chi connectivity index (χ4v) is 2.34. The molecule has 0 heterocycles. The smallest absolute Gasteiger partial charge is 0.240 e. The van der Waals surface area contributed by atoms with E-state index >= 15 is 0 Å². The van der Waals surface area contributed by atoms with Gasteiger partial charge in [-0.05, 0) is 18.8 Å². The van der Waals surface area contributed by atoms with Gasteiger partial charge in [0.05, 0.1) is 0 Å². The van der Waals surface area contributed by atoms with Crippen molar-refractivity contribution in [1.82, 2.24) is 5.32 Å². The van der Waals surface area contributed by atoms with Crippen LogP contribution in [0, 0.1) is 11.3 Å². The van der Waals surface area contributed by atoms with Crippen LogP contribution in [0.2, 0.25) is 0 Å². The molecule has 0 aromatic heterocycles. The summed E-state index contributed by atoms with van der Waals surface area (Å²) < 4.78 is 0. The third kappa shape index (κ3) is 2.87. The van der Waals surface area contributed by atoms with Crippen molar-refractivity contribution in [3.05, 3.63) is 12.2 Å². The van der Waals surface area contributed by atoms with Gasteiger partial charge < -0.3 is 11.1 Å². The molecular weight excluding hydrogens is 216 g/mol. The number of carbonyl (C=O) groups is 2. The molecule has 4 nitrogen and oxygen atoms in total. The van der Waals surface area contributed by atoms with E-state index in [9.17, 15) is 9.59 Å². The summed E-state index contributed by atoms with van der Waals surface area (Å²) in [5.74, 6) is -0.281. The first-order valence-corrected chi connectivity index (χ1v) is 6.18. The molecular formula is C13H22N2O2. The maximum atomic E-state index is 11.6. The second-order valence-corrected chi connectivity index (χ2v) is 5.00. The van der Waals surface area contributed by atoms with Crippen LogP contribution in [0.15, 0.2) is 12.2 Å². The number of rotatable bonds is 4. The lowest BCUT2D eigenvalue weighted by atomic mass is 9.67. The van der Waals surface area contributed by atoms with Gasteiger partial charge in [0.25, 0.3) is 0 Å². The minimum Gasteiger partial charge on any atom is -0.368 e. The molecule has 0 aromatic rings. The molecule has 0 aliphatic heterocycles. The quantitative estimate of drug-likeness (QED) is 0.726. The van der Waals surface area contributed by atoms with Crippen LogP contribution in [0.25, 0.3) is 0 Å². The van der Waals surface area contributed by atoms with Crippen LogP contribution in [-0.4, -0.2) is 17.9 Å². The lowest BCUT2D eigenvalue weighted by Gasteiger charge is -2.41. The Bertz CT molecular complexity index is 338. The van der Waals surface area contributed by atoms with E-state index in [2.05, 4.69) is 18.3 Å². The Labute approximate surface area is 103 Å². The Morgan fingerprint density at radius 1 is 1.59 bits per heavy atom. The molecule has 2 amide bonds. The molecule has 1 aliphatic carbocycles. The van der Waals surface area contributed by atoms with Crippen molar-refractivity contribution in [2.24, 2.45) is 17.1 Å². The van der Waals surface area contributed by atoms with Crippen LogP contribution in [0.1, 0.15) is 40.0 Å². The highest BCUT2D eigenvalue weighted by atomic mass is 16.2.